The van der Waals surface area contributed by atoms with Crippen molar-refractivity contribution in [2.75, 3.05) is 10.6 Å². The third kappa shape index (κ3) is 6.66. The molecule has 0 aliphatic heterocycles. The fourth-order valence-corrected chi connectivity index (χ4v) is 3.68. The molecule has 0 atom stereocenters. The average molecular weight is 439 g/mol. The summed E-state index contributed by atoms with van der Waals surface area (Å²) in [5.41, 5.74) is 1.77. The van der Waals surface area contributed by atoms with Crippen LogP contribution in [0.5, 0.6) is 0 Å². The Morgan fingerprint density at radius 3 is 2.42 bits per heavy atom. The summed E-state index contributed by atoms with van der Waals surface area (Å²) in [6, 6.07) is 16.3. The van der Waals surface area contributed by atoms with Gasteiger partial charge in [0.15, 0.2) is 0 Å². The van der Waals surface area contributed by atoms with E-state index in [1.165, 1.54) is 31.4 Å². The van der Waals surface area contributed by atoms with Gasteiger partial charge in [-0.15, -0.1) is 0 Å². The molecule has 0 radical (unpaired) electrons. The summed E-state index contributed by atoms with van der Waals surface area (Å²) in [7, 11) is -3.77. The highest BCUT2D eigenvalue weighted by atomic mass is 32.2. The number of nitrogens with one attached hydrogen (secondary N) is 3. The molecule has 31 heavy (non-hydrogen) atoms. The van der Waals surface area contributed by atoms with Gasteiger partial charge in [0, 0.05) is 24.4 Å². The van der Waals surface area contributed by atoms with E-state index in [2.05, 4.69) is 15.4 Å². The molecule has 8 nitrogen and oxygen atoms in total. The van der Waals surface area contributed by atoms with Gasteiger partial charge in [0.1, 0.15) is 5.76 Å². The first-order chi connectivity index (χ1) is 14.8. The Labute approximate surface area is 180 Å². The third-order valence-electron chi connectivity index (χ3n) is 4.09. The molecule has 1 aromatic heterocycles. The predicted octanol–water partition coefficient (Wildman–Crippen LogP) is 3.37. The van der Waals surface area contributed by atoms with E-state index in [9.17, 15) is 18.0 Å². The summed E-state index contributed by atoms with van der Waals surface area (Å²) in [6.07, 6.45) is 4.41. The van der Waals surface area contributed by atoms with Crippen LogP contribution in [0.2, 0.25) is 0 Å². The van der Waals surface area contributed by atoms with Crippen LogP contribution in [0.25, 0.3) is 6.08 Å². The number of rotatable bonds is 8. The highest BCUT2D eigenvalue weighted by molar-refractivity contribution is 7.89. The van der Waals surface area contributed by atoms with Gasteiger partial charge in [0.2, 0.25) is 21.8 Å². The maximum atomic E-state index is 12.5. The monoisotopic (exact) mass is 439 g/mol. The molecule has 0 saturated carbocycles. The van der Waals surface area contributed by atoms with Crippen LogP contribution in [0.4, 0.5) is 11.4 Å². The largest absolute Gasteiger partial charge is 0.468 e. The van der Waals surface area contributed by atoms with Gasteiger partial charge in [0.25, 0.3) is 0 Å². The molecule has 3 rings (SSSR count). The van der Waals surface area contributed by atoms with Crippen molar-refractivity contribution in [1.29, 1.82) is 0 Å². The number of benzene rings is 2. The van der Waals surface area contributed by atoms with Crippen molar-refractivity contribution < 1.29 is 22.4 Å². The maximum Gasteiger partial charge on any atom is 0.248 e. The van der Waals surface area contributed by atoms with Gasteiger partial charge in [-0.05, 0) is 54.1 Å². The van der Waals surface area contributed by atoms with Gasteiger partial charge in [0.05, 0.1) is 17.7 Å². The fourth-order valence-electron chi connectivity index (χ4n) is 2.64. The second kappa shape index (κ2) is 9.88. The van der Waals surface area contributed by atoms with Crippen LogP contribution < -0.4 is 15.4 Å². The van der Waals surface area contributed by atoms with Gasteiger partial charge < -0.3 is 15.1 Å². The van der Waals surface area contributed by atoms with Crippen molar-refractivity contribution >= 4 is 39.3 Å². The highest BCUT2D eigenvalue weighted by Crippen LogP contribution is 2.16. The Bertz CT molecular complexity index is 1180. The van der Waals surface area contributed by atoms with Crippen LogP contribution in [0, 0.1) is 0 Å². The topological polar surface area (TPSA) is 118 Å². The molecule has 0 aliphatic carbocycles. The Kier molecular flexibility index (Phi) is 7.01. The van der Waals surface area contributed by atoms with Crippen molar-refractivity contribution in [2.24, 2.45) is 0 Å². The van der Waals surface area contributed by atoms with Crippen molar-refractivity contribution in [3.63, 3.8) is 0 Å². The lowest BCUT2D eigenvalue weighted by Gasteiger charge is -2.08. The van der Waals surface area contributed by atoms with Crippen LogP contribution >= 0.6 is 0 Å². The third-order valence-corrected chi connectivity index (χ3v) is 5.49. The standard InChI is InChI=1S/C22H21N3O5S/c1-16(26)24-18-10-7-17(8-11-18)9-12-22(27)25-19-4-2-6-21(14-19)31(28,29)23-15-20-5-3-13-30-20/h2-14,23H,15H2,1H3,(H,24,26)(H,25,27)/b12-9+. The van der Waals surface area contributed by atoms with E-state index in [4.69, 9.17) is 4.42 Å². The van der Waals surface area contributed by atoms with E-state index in [0.29, 0.717) is 17.1 Å². The molecule has 2 amide bonds. The molecule has 2 aromatic carbocycles. The zero-order chi connectivity index (χ0) is 22.3. The maximum absolute atomic E-state index is 12.5. The number of furan rings is 1. The Hall–Kier alpha value is -3.69. The van der Waals surface area contributed by atoms with Gasteiger partial charge in [-0.2, -0.15) is 0 Å². The van der Waals surface area contributed by atoms with Gasteiger partial charge in [-0.25, -0.2) is 13.1 Å². The first-order valence-corrected chi connectivity index (χ1v) is 10.8. The predicted molar refractivity (Wildman–Crippen MR) is 118 cm³/mol. The summed E-state index contributed by atoms with van der Waals surface area (Å²) < 4.78 is 32.5. The minimum Gasteiger partial charge on any atom is -0.468 e. The average Bonchev–Trinajstić information content (AvgIpc) is 3.25. The lowest BCUT2D eigenvalue weighted by molar-refractivity contribution is -0.114. The van der Waals surface area contributed by atoms with Gasteiger partial charge >= 0.3 is 0 Å². The molecule has 9 heteroatoms. The summed E-state index contributed by atoms with van der Waals surface area (Å²) in [5, 5.41) is 5.30. The van der Waals surface area contributed by atoms with Crippen molar-refractivity contribution in [1.82, 2.24) is 4.72 Å². The Morgan fingerprint density at radius 1 is 0.968 bits per heavy atom. The first-order valence-electron chi connectivity index (χ1n) is 9.31. The number of carbonyl (C=O) groups is 2. The zero-order valence-electron chi connectivity index (χ0n) is 16.7. The molecule has 3 N–H and O–H groups in total. The lowest BCUT2D eigenvalue weighted by atomic mass is 10.2. The first kappa shape index (κ1) is 22.0. The highest BCUT2D eigenvalue weighted by Gasteiger charge is 2.15. The molecule has 0 fully saturated rings. The van der Waals surface area contributed by atoms with E-state index in [0.717, 1.165) is 5.56 Å². The van der Waals surface area contributed by atoms with E-state index in [1.54, 1.807) is 54.6 Å². The molecule has 0 bridgehead atoms. The molecule has 160 valence electrons. The lowest BCUT2D eigenvalue weighted by Crippen LogP contribution is -2.23. The summed E-state index contributed by atoms with van der Waals surface area (Å²) in [5.74, 6) is -0.0876. The second-order valence-electron chi connectivity index (χ2n) is 6.56. The minimum atomic E-state index is -3.77. The van der Waals surface area contributed by atoms with Crippen LogP contribution in [0.1, 0.15) is 18.2 Å². The minimum absolute atomic E-state index is 0.0226. The number of hydrogen-bond acceptors (Lipinski definition) is 5. The SMILES string of the molecule is CC(=O)Nc1ccc(/C=C/C(=O)Nc2cccc(S(=O)(=O)NCc3ccco3)c2)cc1. The van der Waals surface area contributed by atoms with Gasteiger partial charge in [-0.1, -0.05) is 18.2 Å². The molecule has 0 saturated heterocycles. The van der Waals surface area contributed by atoms with E-state index in [-0.39, 0.29) is 17.3 Å². The number of amides is 2. The van der Waals surface area contributed by atoms with E-state index in [1.807, 2.05) is 0 Å². The quantitative estimate of drug-likeness (QED) is 0.465. The number of hydrogen-bond donors (Lipinski definition) is 3. The normalized spacial score (nSPS) is 11.4. The van der Waals surface area contributed by atoms with E-state index < -0.39 is 15.9 Å². The van der Waals surface area contributed by atoms with E-state index >= 15 is 0 Å². The van der Waals surface area contributed by atoms with Crippen LogP contribution in [-0.2, 0) is 26.2 Å². The van der Waals surface area contributed by atoms with Crippen LogP contribution in [0.3, 0.4) is 0 Å². The fraction of sp³-hybridized carbons (Fsp3) is 0.0909. The van der Waals surface area contributed by atoms with Crippen LogP contribution in [0.15, 0.2) is 82.3 Å². The molecule has 0 aliphatic rings. The van der Waals surface area contributed by atoms with Gasteiger partial charge in [-0.3, -0.25) is 9.59 Å². The molecule has 0 unspecified atom stereocenters. The molecular formula is C22H21N3O5S. The number of sulfonamides is 1. The van der Waals surface area contributed by atoms with Crippen molar-refractivity contribution in [3.8, 4) is 0 Å². The summed E-state index contributed by atoms with van der Waals surface area (Å²) in [4.78, 5) is 23.3. The second-order valence-corrected chi connectivity index (χ2v) is 8.32. The molecule has 3 aromatic rings. The zero-order valence-corrected chi connectivity index (χ0v) is 17.5. The Balaban J connectivity index is 1.61. The number of carbonyl (C=O) groups excluding carboxylic acids is 2. The van der Waals surface area contributed by atoms with Crippen molar-refractivity contribution in [3.05, 3.63) is 84.3 Å². The molecular weight excluding hydrogens is 418 g/mol. The molecule has 1 heterocycles. The van der Waals surface area contributed by atoms with Crippen molar-refractivity contribution in [2.45, 2.75) is 18.4 Å². The summed E-state index contributed by atoms with van der Waals surface area (Å²) in [6.45, 7) is 1.45. The Morgan fingerprint density at radius 2 is 1.74 bits per heavy atom. The molecule has 0 spiro atoms. The smallest absolute Gasteiger partial charge is 0.248 e. The number of anilines is 2. The van der Waals surface area contributed by atoms with Crippen LogP contribution in [-0.4, -0.2) is 20.2 Å². The summed E-state index contributed by atoms with van der Waals surface area (Å²) >= 11 is 0.